The molecule has 1 unspecified atom stereocenters. The first kappa shape index (κ1) is 20.4. The van der Waals surface area contributed by atoms with E-state index in [9.17, 15) is 4.79 Å². The van der Waals surface area contributed by atoms with Crippen molar-refractivity contribution in [3.8, 4) is 0 Å². The molecule has 0 radical (unpaired) electrons. The van der Waals surface area contributed by atoms with Crippen LogP contribution >= 0.6 is 0 Å². The first-order valence-corrected chi connectivity index (χ1v) is 8.83. The Bertz CT molecular complexity index is 244. The molecule has 0 aromatic heterocycles. The van der Waals surface area contributed by atoms with E-state index < -0.39 is 0 Å². The van der Waals surface area contributed by atoms with Gasteiger partial charge in [0.2, 0.25) is 5.91 Å². The normalized spacial score (nSPS) is 12.6. The highest BCUT2D eigenvalue weighted by atomic mass is 16.2. The van der Waals surface area contributed by atoms with Gasteiger partial charge >= 0.3 is 0 Å². The quantitative estimate of drug-likeness (QED) is 0.431. The van der Waals surface area contributed by atoms with E-state index in [1.54, 1.807) is 0 Å². The van der Waals surface area contributed by atoms with E-state index in [0.717, 1.165) is 19.5 Å². The summed E-state index contributed by atoms with van der Waals surface area (Å²) in [6.45, 7) is 5.54. The topological polar surface area (TPSA) is 81.1 Å². The van der Waals surface area contributed by atoms with E-state index in [1.807, 2.05) is 13.8 Å². The molecule has 21 heavy (non-hydrogen) atoms. The average molecular weight is 300 g/mol. The lowest BCUT2D eigenvalue weighted by Gasteiger charge is -2.15. The van der Waals surface area contributed by atoms with Gasteiger partial charge in [-0.05, 0) is 25.3 Å². The summed E-state index contributed by atoms with van der Waals surface area (Å²) in [6, 6.07) is -0.371. The maximum atomic E-state index is 11.6. The summed E-state index contributed by atoms with van der Waals surface area (Å²) in [5, 5.41) is 2.92. The molecule has 0 saturated heterocycles. The van der Waals surface area contributed by atoms with Crippen molar-refractivity contribution < 1.29 is 4.79 Å². The molecule has 0 aromatic carbocycles. The van der Waals surface area contributed by atoms with Crippen LogP contribution in [0.2, 0.25) is 0 Å². The second-order valence-electron chi connectivity index (χ2n) is 6.39. The second-order valence-corrected chi connectivity index (χ2v) is 6.39. The van der Waals surface area contributed by atoms with Crippen LogP contribution in [-0.2, 0) is 4.79 Å². The van der Waals surface area contributed by atoms with Gasteiger partial charge in [-0.3, -0.25) is 4.79 Å². The lowest BCUT2D eigenvalue weighted by atomic mass is 10.0. The summed E-state index contributed by atoms with van der Waals surface area (Å²) in [5.41, 5.74) is 11.2. The lowest BCUT2D eigenvalue weighted by Crippen LogP contribution is -2.44. The van der Waals surface area contributed by atoms with Gasteiger partial charge in [-0.15, -0.1) is 0 Å². The van der Waals surface area contributed by atoms with Crippen LogP contribution in [0, 0.1) is 5.92 Å². The minimum atomic E-state index is -0.371. The lowest BCUT2D eigenvalue weighted by molar-refractivity contribution is -0.123. The summed E-state index contributed by atoms with van der Waals surface area (Å²) < 4.78 is 0. The highest BCUT2D eigenvalue weighted by Crippen LogP contribution is 2.10. The summed E-state index contributed by atoms with van der Waals surface area (Å²) >= 11 is 0. The molecule has 0 spiro atoms. The molecule has 0 bridgehead atoms. The van der Waals surface area contributed by atoms with Crippen molar-refractivity contribution >= 4 is 5.91 Å². The van der Waals surface area contributed by atoms with E-state index in [-0.39, 0.29) is 17.9 Å². The number of nitrogens with one attached hydrogen (secondary N) is 1. The van der Waals surface area contributed by atoms with Gasteiger partial charge in [0, 0.05) is 6.54 Å². The molecule has 0 saturated carbocycles. The van der Waals surface area contributed by atoms with Crippen LogP contribution in [0.1, 0.15) is 78.1 Å². The molecule has 126 valence electrons. The fraction of sp³-hybridized carbons (Fsp3) is 0.941. The van der Waals surface area contributed by atoms with E-state index in [0.29, 0.717) is 0 Å². The van der Waals surface area contributed by atoms with Crippen molar-refractivity contribution in [3.05, 3.63) is 0 Å². The van der Waals surface area contributed by atoms with Crippen LogP contribution in [0.25, 0.3) is 0 Å². The number of amides is 1. The molecule has 5 N–H and O–H groups in total. The number of hydrogen-bond donors (Lipinski definition) is 3. The van der Waals surface area contributed by atoms with Gasteiger partial charge < -0.3 is 16.8 Å². The van der Waals surface area contributed by atoms with Gasteiger partial charge in [0.25, 0.3) is 0 Å². The fourth-order valence-electron chi connectivity index (χ4n) is 2.32. The predicted molar refractivity (Wildman–Crippen MR) is 91.0 cm³/mol. The van der Waals surface area contributed by atoms with Crippen LogP contribution in [0.15, 0.2) is 0 Å². The van der Waals surface area contributed by atoms with Crippen LogP contribution < -0.4 is 16.8 Å². The van der Waals surface area contributed by atoms with E-state index >= 15 is 0 Å². The number of nitrogens with two attached hydrogens (primary N) is 2. The van der Waals surface area contributed by atoms with Crippen molar-refractivity contribution in [3.63, 3.8) is 0 Å². The Morgan fingerprint density at radius 1 is 0.857 bits per heavy atom. The molecule has 0 aliphatic carbocycles. The van der Waals surface area contributed by atoms with Gasteiger partial charge in [0.1, 0.15) is 0 Å². The molecule has 0 aliphatic rings. The molecule has 0 fully saturated rings. The smallest absolute Gasteiger partial charge is 0.237 e. The van der Waals surface area contributed by atoms with Gasteiger partial charge in [0.15, 0.2) is 0 Å². The molecule has 0 aromatic rings. The van der Waals surface area contributed by atoms with E-state index in [4.69, 9.17) is 11.5 Å². The zero-order chi connectivity index (χ0) is 15.9. The Morgan fingerprint density at radius 3 is 1.71 bits per heavy atom. The zero-order valence-electron chi connectivity index (χ0n) is 14.2. The van der Waals surface area contributed by atoms with Gasteiger partial charge in [-0.2, -0.15) is 0 Å². The van der Waals surface area contributed by atoms with Crippen molar-refractivity contribution in [1.82, 2.24) is 5.32 Å². The zero-order valence-corrected chi connectivity index (χ0v) is 14.2. The maximum absolute atomic E-state index is 11.6. The predicted octanol–water partition coefficient (Wildman–Crippen LogP) is 2.95. The fourth-order valence-corrected chi connectivity index (χ4v) is 2.32. The number of rotatable bonds is 14. The van der Waals surface area contributed by atoms with Crippen LogP contribution in [0.4, 0.5) is 0 Å². The monoisotopic (exact) mass is 299 g/mol. The molecule has 1 amide bonds. The molecule has 0 aliphatic heterocycles. The minimum Gasteiger partial charge on any atom is -0.355 e. The Hall–Kier alpha value is -0.610. The second kappa shape index (κ2) is 14.3. The summed E-state index contributed by atoms with van der Waals surface area (Å²) in [6.07, 6.45) is 12.7. The number of carbonyl (C=O) groups is 1. The molecular formula is C17H37N3O. The minimum absolute atomic E-state index is 0.0116. The third-order valence-electron chi connectivity index (χ3n) is 3.95. The number of carbonyl (C=O) groups excluding carboxylic acids is 1. The number of unbranched alkanes of at least 4 members (excludes halogenated alkanes) is 9. The van der Waals surface area contributed by atoms with Crippen molar-refractivity contribution in [2.75, 3.05) is 13.1 Å². The first-order valence-electron chi connectivity index (χ1n) is 8.83. The molecule has 4 heteroatoms. The summed E-state index contributed by atoms with van der Waals surface area (Å²) in [7, 11) is 0. The Labute approximate surface area is 131 Å². The molecule has 0 rings (SSSR count). The van der Waals surface area contributed by atoms with E-state index in [1.165, 1.54) is 57.8 Å². The maximum Gasteiger partial charge on any atom is 0.237 e. The highest BCUT2D eigenvalue weighted by molar-refractivity contribution is 5.81. The largest absolute Gasteiger partial charge is 0.355 e. The first-order chi connectivity index (χ1) is 10.1. The Kier molecular flexibility index (Phi) is 13.9. The molecule has 0 heterocycles. The van der Waals surface area contributed by atoms with Gasteiger partial charge in [0.05, 0.1) is 6.04 Å². The van der Waals surface area contributed by atoms with Gasteiger partial charge in [-0.25, -0.2) is 0 Å². The Balaban J connectivity index is 3.21. The van der Waals surface area contributed by atoms with Crippen molar-refractivity contribution in [2.45, 2.75) is 84.1 Å². The standard InChI is InChI=1S/C17H37N3O/c1-15(2)16(19)17(21)20-14-12-10-8-6-4-3-5-7-9-11-13-18/h15-16H,3-14,18-19H2,1-2H3,(H,20,21). The van der Waals surface area contributed by atoms with Crippen molar-refractivity contribution in [1.29, 1.82) is 0 Å². The summed E-state index contributed by atoms with van der Waals surface area (Å²) in [4.78, 5) is 11.6. The van der Waals surface area contributed by atoms with Crippen LogP contribution in [0.5, 0.6) is 0 Å². The third-order valence-corrected chi connectivity index (χ3v) is 3.95. The summed E-state index contributed by atoms with van der Waals surface area (Å²) in [5.74, 6) is 0.192. The Morgan fingerprint density at radius 2 is 1.29 bits per heavy atom. The molecule has 1 atom stereocenters. The molecular weight excluding hydrogens is 262 g/mol. The van der Waals surface area contributed by atoms with Gasteiger partial charge in [-0.1, -0.05) is 65.2 Å². The average Bonchev–Trinajstić information content (AvgIpc) is 2.47. The van der Waals surface area contributed by atoms with Crippen molar-refractivity contribution in [2.24, 2.45) is 17.4 Å². The van der Waals surface area contributed by atoms with Crippen LogP contribution in [-0.4, -0.2) is 25.0 Å². The highest BCUT2D eigenvalue weighted by Gasteiger charge is 2.15. The molecule has 4 nitrogen and oxygen atoms in total. The van der Waals surface area contributed by atoms with E-state index in [2.05, 4.69) is 5.32 Å². The third kappa shape index (κ3) is 12.8. The SMILES string of the molecule is CC(C)C(N)C(=O)NCCCCCCCCCCCCN. The number of hydrogen-bond acceptors (Lipinski definition) is 3. The van der Waals surface area contributed by atoms with Crippen LogP contribution in [0.3, 0.4) is 0 Å².